The monoisotopic (exact) mass is 300 g/mol. The summed E-state index contributed by atoms with van der Waals surface area (Å²) < 4.78 is 0.674. The Bertz CT molecular complexity index is 311. The molecular weight excluding hydrogens is 266 g/mol. The van der Waals surface area contributed by atoms with E-state index in [1.54, 1.807) is 0 Å². The van der Waals surface area contributed by atoms with Gasteiger partial charge in [0.15, 0.2) is 0 Å². The first-order valence-electron chi connectivity index (χ1n) is 8.35. The van der Waals surface area contributed by atoms with Crippen molar-refractivity contribution in [2.24, 2.45) is 5.92 Å². The van der Waals surface area contributed by atoms with Crippen LogP contribution in [0.2, 0.25) is 0 Å². The molecule has 0 amide bonds. The summed E-state index contributed by atoms with van der Waals surface area (Å²) >= 11 is 0. The van der Waals surface area contributed by atoms with Crippen LogP contribution < -0.4 is 0 Å². The van der Waals surface area contributed by atoms with Crippen molar-refractivity contribution in [2.45, 2.75) is 59.5 Å². The summed E-state index contributed by atoms with van der Waals surface area (Å²) in [5.74, 6) is -1.05. The van der Waals surface area contributed by atoms with Crippen LogP contribution in [0.4, 0.5) is 0 Å². The molecule has 0 heterocycles. The summed E-state index contributed by atoms with van der Waals surface area (Å²) in [4.78, 5) is 11.3. The summed E-state index contributed by atoms with van der Waals surface area (Å²) in [5, 5.41) is 19.5. The maximum absolute atomic E-state index is 11.3. The summed E-state index contributed by atoms with van der Waals surface area (Å²) in [7, 11) is 0. The predicted molar refractivity (Wildman–Crippen MR) is 87.2 cm³/mol. The largest absolute Gasteiger partial charge is 0.481 e. The van der Waals surface area contributed by atoms with Gasteiger partial charge in [0.25, 0.3) is 0 Å². The van der Waals surface area contributed by atoms with Gasteiger partial charge in [0, 0.05) is 0 Å². The molecule has 2 N–H and O–H groups in total. The summed E-state index contributed by atoms with van der Waals surface area (Å²) in [6.45, 7) is 11.2. The lowest BCUT2D eigenvalue weighted by Gasteiger charge is -2.39. The van der Waals surface area contributed by atoms with Gasteiger partial charge >= 0.3 is 5.97 Å². The molecule has 0 fully saturated rings. The first kappa shape index (κ1) is 20.1. The smallest absolute Gasteiger partial charge is 0.312 e. The molecule has 0 spiro atoms. The van der Waals surface area contributed by atoms with E-state index < -0.39 is 12.1 Å². The SMILES string of the molecule is CCC/C=C/CC(O)C[N+](CC)(CC)CC(CC)C(=O)O. The molecule has 0 aromatic heterocycles. The number of rotatable bonds is 12. The Labute approximate surface area is 130 Å². The number of aliphatic hydroxyl groups excluding tert-OH is 1. The van der Waals surface area contributed by atoms with Crippen molar-refractivity contribution in [1.29, 1.82) is 0 Å². The fourth-order valence-corrected chi connectivity index (χ4v) is 2.72. The van der Waals surface area contributed by atoms with Crippen molar-refractivity contribution in [2.75, 3.05) is 26.2 Å². The molecule has 2 atom stereocenters. The quantitative estimate of drug-likeness (QED) is 0.430. The van der Waals surface area contributed by atoms with Crippen LogP contribution in [0.25, 0.3) is 0 Å². The van der Waals surface area contributed by atoms with E-state index in [-0.39, 0.29) is 5.92 Å². The Balaban J connectivity index is 4.67. The fourth-order valence-electron chi connectivity index (χ4n) is 2.72. The molecule has 0 saturated heterocycles. The van der Waals surface area contributed by atoms with Crippen LogP contribution in [0.1, 0.15) is 53.4 Å². The minimum Gasteiger partial charge on any atom is -0.481 e. The number of carboxylic acid groups (broad SMARTS) is 1. The second kappa shape index (κ2) is 10.8. The van der Waals surface area contributed by atoms with E-state index in [1.807, 2.05) is 13.0 Å². The van der Waals surface area contributed by atoms with Gasteiger partial charge in [0.1, 0.15) is 18.6 Å². The summed E-state index contributed by atoms with van der Waals surface area (Å²) in [5.41, 5.74) is 0. The first-order valence-corrected chi connectivity index (χ1v) is 8.35. The van der Waals surface area contributed by atoms with Gasteiger partial charge < -0.3 is 14.7 Å². The fraction of sp³-hybridized carbons (Fsp3) is 0.824. The molecule has 0 rings (SSSR count). The number of aliphatic hydroxyl groups is 1. The van der Waals surface area contributed by atoms with E-state index in [1.165, 1.54) is 0 Å². The number of hydrogen-bond donors (Lipinski definition) is 2. The Morgan fingerprint density at radius 2 is 1.71 bits per heavy atom. The van der Waals surface area contributed by atoms with Crippen molar-refractivity contribution in [3.05, 3.63) is 12.2 Å². The number of aliphatic carboxylic acids is 1. The topological polar surface area (TPSA) is 57.5 Å². The third-order valence-corrected chi connectivity index (χ3v) is 4.42. The van der Waals surface area contributed by atoms with Crippen LogP contribution in [0.15, 0.2) is 12.2 Å². The Hall–Kier alpha value is -0.870. The standard InChI is InChI=1S/C17H33NO3/c1-5-9-10-11-12-16(19)14-18(7-3,8-4)13-15(6-2)17(20)21/h10-11,15-16,19H,5-9,12-14H2,1-4H3/p+1/b11-10+. The maximum atomic E-state index is 11.3. The lowest BCUT2D eigenvalue weighted by Crippen LogP contribution is -2.55. The minimum absolute atomic E-state index is 0.326. The second-order valence-corrected chi connectivity index (χ2v) is 5.93. The Kier molecular flexibility index (Phi) is 10.4. The molecule has 0 saturated carbocycles. The Morgan fingerprint density at radius 1 is 1.10 bits per heavy atom. The van der Waals surface area contributed by atoms with Crippen molar-refractivity contribution in [3.8, 4) is 0 Å². The molecule has 0 bridgehead atoms. The molecule has 124 valence electrons. The molecule has 0 aliphatic heterocycles. The van der Waals surface area contributed by atoms with Gasteiger partial charge in [-0.3, -0.25) is 4.79 Å². The Morgan fingerprint density at radius 3 is 2.14 bits per heavy atom. The van der Waals surface area contributed by atoms with E-state index in [4.69, 9.17) is 0 Å². The van der Waals surface area contributed by atoms with Crippen LogP contribution in [-0.4, -0.2) is 52.9 Å². The van der Waals surface area contributed by atoms with Crippen LogP contribution in [0.3, 0.4) is 0 Å². The predicted octanol–water partition coefficient (Wildman–Crippen LogP) is 3.06. The minimum atomic E-state index is -0.723. The molecule has 0 aliphatic carbocycles. The van der Waals surface area contributed by atoms with Crippen LogP contribution in [0, 0.1) is 5.92 Å². The van der Waals surface area contributed by atoms with Gasteiger partial charge in [0.2, 0.25) is 0 Å². The van der Waals surface area contributed by atoms with Crippen molar-refractivity contribution in [3.63, 3.8) is 0 Å². The van der Waals surface area contributed by atoms with Crippen molar-refractivity contribution >= 4 is 5.97 Å². The molecular formula is C17H34NO3+. The maximum Gasteiger partial charge on any atom is 0.312 e. The van der Waals surface area contributed by atoms with Crippen molar-refractivity contribution < 1.29 is 19.5 Å². The van der Waals surface area contributed by atoms with Gasteiger partial charge in [0.05, 0.1) is 19.6 Å². The summed E-state index contributed by atoms with van der Waals surface area (Å²) in [6, 6.07) is 0. The highest BCUT2D eigenvalue weighted by Gasteiger charge is 2.32. The van der Waals surface area contributed by atoms with E-state index in [2.05, 4.69) is 26.8 Å². The zero-order valence-corrected chi connectivity index (χ0v) is 14.2. The lowest BCUT2D eigenvalue weighted by molar-refractivity contribution is -0.929. The van der Waals surface area contributed by atoms with Crippen molar-refractivity contribution in [1.82, 2.24) is 0 Å². The van der Waals surface area contributed by atoms with E-state index >= 15 is 0 Å². The average molecular weight is 300 g/mol. The molecule has 0 radical (unpaired) electrons. The lowest BCUT2D eigenvalue weighted by atomic mass is 10.0. The van der Waals surface area contributed by atoms with Crippen LogP contribution >= 0.6 is 0 Å². The molecule has 4 heteroatoms. The molecule has 0 aromatic carbocycles. The number of quaternary nitrogens is 1. The number of unbranched alkanes of at least 4 members (excludes halogenated alkanes) is 1. The highest BCUT2D eigenvalue weighted by molar-refractivity contribution is 5.69. The third-order valence-electron chi connectivity index (χ3n) is 4.42. The number of allylic oxidation sites excluding steroid dienone is 1. The number of nitrogens with zero attached hydrogens (tertiary/aromatic N) is 1. The first-order chi connectivity index (χ1) is 9.94. The molecule has 0 aromatic rings. The zero-order chi connectivity index (χ0) is 16.3. The summed E-state index contributed by atoms with van der Waals surface area (Å²) in [6.07, 6.45) is 7.22. The third kappa shape index (κ3) is 7.63. The van der Waals surface area contributed by atoms with Crippen LogP contribution in [0.5, 0.6) is 0 Å². The molecule has 2 unspecified atom stereocenters. The number of likely N-dealkylation sites (N-methyl/N-ethyl adjacent to an activating group) is 1. The van der Waals surface area contributed by atoms with Gasteiger partial charge in [-0.25, -0.2) is 0 Å². The van der Waals surface area contributed by atoms with Gasteiger partial charge in [-0.15, -0.1) is 0 Å². The van der Waals surface area contributed by atoms with E-state index in [0.29, 0.717) is 30.4 Å². The molecule has 4 nitrogen and oxygen atoms in total. The normalized spacial score (nSPS) is 15.3. The highest BCUT2D eigenvalue weighted by atomic mass is 16.4. The highest BCUT2D eigenvalue weighted by Crippen LogP contribution is 2.17. The number of hydrogen-bond acceptors (Lipinski definition) is 2. The van der Waals surface area contributed by atoms with E-state index in [9.17, 15) is 15.0 Å². The number of carbonyl (C=O) groups is 1. The van der Waals surface area contributed by atoms with Gasteiger partial charge in [-0.1, -0.05) is 32.4 Å². The van der Waals surface area contributed by atoms with Crippen LogP contribution in [-0.2, 0) is 4.79 Å². The molecule has 0 aliphatic rings. The van der Waals surface area contributed by atoms with E-state index in [0.717, 1.165) is 25.9 Å². The molecule has 21 heavy (non-hydrogen) atoms. The average Bonchev–Trinajstić information content (AvgIpc) is 2.47. The van der Waals surface area contributed by atoms with Gasteiger partial charge in [-0.05, 0) is 33.1 Å². The van der Waals surface area contributed by atoms with Gasteiger partial charge in [-0.2, -0.15) is 0 Å². The number of carboxylic acids is 1. The zero-order valence-electron chi connectivity index (χ0n) is 14.2. The second-order valence-electron chi connectivity index (χ2n) is 5.93.